The molecule has 120 valence electrons. The van der Waals surface area contributed by atoms with E-state index in [1.807, 2.05) is 12.1 Å². The fourth-order valence-corrected chi connectivity index (χ4v) is 3.03. The molecular formula is C17H31NO2Si. The van der Waals surface area contributed by atoms with Gasteiger partial charge in [0.2, 0.25) is 0 Å². The third kappa shape index (κ3) is 5.13. The van der Waals surface area contributed by atoms with Crippen LogP contribution in [0.2, 0.25) is 18.1 Å². The van der Waals surface area contributed by atoms with Gasteiger partial charge in [0.05, 0.1) is 7.11 Å². The van der Waals surface area contributed by atoms with E-state index in [9.17, 15) is 0 Å². The normalized spacial score (nSPS) is 14.0. The van der Waals surface area contributed by atoms with Crippen LogP contribution in [0.25, 0.3) is 0 Å². The highest BCUT2D eigenvalue weighted by Gasteiger charge is 2.36. The van der Waals surface area contributed by atoms with Crippen LogP contribution >= 0.6 is 0 Å². The molecule has 0 saturated carbocycles. The van der Waals surface area contributed by atoms with E-state index >= 15 is 0 Å². The van der Waals surface area contributed by atoms with Crippen molar-refractivity contribution in [1.29, 1.82) is 0 Å². The van der Waals surface area contributed by atoms with Gasteiger partial charge in [0.25, 0.3) is 0 Å². The molecule has 0 heterocycles. The summed E-state index contributed by atoms with van der Waals surface area (Å²) in [6.45, 7) is 12.8. The Morgan fingerprint density at radius 2 is 1.71 bits per heavy atom. The SMILES string of the molecule is COc1ccc(C(CN)CCO[Si](C)(C)C(C)(C)C)cc1. The Labute approximate surface area is 131 Å². The minimum absolute atomic E-state index is 0.255. The van der Waals surface area contributed by atoms with E-state index in [-0.39, 0.29) is 5.04 Å². The van der Waals surface area contributed by atoms with Gasteiger partial charge in [-0.3, -0.25) is 0 Å². The second kappa shape index (κ2) is 7.43. The lowest BCUT2D eigenvalue weighted by molar-refractivity contribution is 0.272. The minimum atomic E-state index is -1.66. The predicted octanol–water partition coefficient (Wildman–Crippen LogP) is 4.15. The van der Waals surface area contributed by atoms with Crippen molar-refractivity contribution < 1.29 is 9.16 Å². The Hall–Kier alpha value is -0.843. The van der Waals surface area contributed by atoms with Crippen molar-refractivity contribution in [2.24, 2.45) is 5.73 Å². The Morgan fingerprint density at radius 3 is 2.14 bits per heavy atom. The molecule has 0 amide bonds. The van der Waals surface area contributed by atoms with Crippen molar-refractivity contribution in [1.82, 2.24) is 0 Å². The maximum atomic E-state index is 6.25. The summed E-state index contributed by atoms with van der Waals surface area (Å²) in [6.07, 6.45) is 0.968. The van der Waals surface area contributed by atoms with Crippen molar-refractivity contribution >= 4 is 8.32 Å². The van der Waals surface area contributed by atoms with Crippen LogP contribution in [-0.2, 0) is 4.43 Å². The zero-order valence-electron chi connectivity index (χ0n) is 14.4. The highest BCUT2D eigenvalue weighted by molar-refractivity contribution is 6.74. The standard InChI is InChI=1S/C17H31NO2Si/c1-17(2,3)21(5,6)20-12-11-15(13-18)14-7-9-16(19-4)10-8-14/h7-10,15H,11-13,18H2,1-6H3. The summed E-state index contributed by atoms with van der Waals surface area (Å²) < 4.78 is 11.4. The number of hydrogen-bond acceptors (Lipinski definition) is 3. The van der Waals surface area contributed by atoms with Gasteiger partial charge in [-0.1, -0.05) is 32.9 Å². The fraction of sp³-hybridized carbons (Fsp3) is 0.647. The quantitative estimate of drug-likeness (QED) is 0.770. The first-order valence-corrected chi connectivity index (χ1v) is 10.6. The van der Waals surface area contributed by atoms with E-state index in [2.05, 4.69) is 46.0 Å². The monoisotopic (exact) mass is 309 g/mol. The van der Waals surface area contributed by atoms with Gasteiger partial charge in [-0.2, -0.15) is 0 Å². The number of methoxy groups -OCH3 is 1. The second-order valence-corrected chi connectivity index (χ2v) is 11.9. The summed E-state index contributed by atoms with van der Waals surface area (Å²) in [7, 11) is 0.0220. The average Bonchev–Trinajstić information content (AvgIpc) is 2.42. The van der Waals surface area contributed by atoms with Crippen LogP contribution in [0.3, 0.4) is 0 Å². The molecule has 0 aliphatic carbocycles. The number of ether oxygens (including phenoxy) is 1. The first-order chi connectivity index (χ1) is 9.71. The number of hydrogen-bond donors (Lipinski definition) is 1. The van der Waals surface area contributed by atoms with E-state index in [1.54, 1.807) is 7.11 Å². The molecule has 0 aliphatic heterocycles. The van der Waals surface area contributed by atoms with E-state index in [1.165, 1.54) is 5.56 Å². The summed E-state index contributed by atoms with van der Waals surface area (Å²) in [6, 6.07) is 8.19. The summed E-state index contributed by atoms with van der Waals surface area (Å²) in [5, 5.41) is 0.255. The Balaban J connectivity index is 2.59. The molecule has 1 aromatic rings. The zero-order valence-corrected chi connectivity index (χ0v) is 15.4. The van der Waals surface area contributed by atoms with Crippen LogP contribution < -0.4 is 10.5 Å². The maximum absolute atomic E-state index is 6.25. The molecular weight excluding hydrogens is 278 g/mol. The first-order valence-electron chi connectivity index (χ1n) is 7.69. The van der Waals surface area contributed by atoms with Crippen LogP contribution in [0.15, 0.2) is 24.3 Å². The Morgan fingerprint density at radius 1 is 1.14 bits per heavy atom. The predicted molar refractivity (Wildman–Crippen MR) is 92.6 cm³/mol. The van der Waals surface area contributed by atoms with Gasteiger partial charge in [-0.15, -0.1) is 0 Å². The van der Waals surface area contributed by atoms with Gasteiger partial charge >= 0.3 is 0 Å². The third-order valence-electron chi connectivity index (χ3n) is 4.61. The summed E-state index contributed by atoms with van der Waals surface area (Å²) in [5.74, 6) is 1.23. The molecule has 1 rings (SSSR count). The smallest absolute Gasteiger partial charge is 0.191 e. The van der Waals surface area contributed by atoms with Crippen LogP contribution in [-0.4, -0.2) is 28.6 Å². The zero-order chi connectivity index (χ0) is 16.1. The Kier molecular flexibility index (Phi) is 6.44. The van der Waals surface area contributed by atoms with Crippen molar-refractivity contribution in [2.45, 2.75) is 51.2 Å². The van der Waals surface area contributed by atoms with Crippen molar-refractivity contribution in [3.05, 3.63) is 29.8 Å². The van der Waals surface area contributed by atoms with Gasteiger partial charge in [-0.05, 0) is 54.7 Å². The molecule has 1 unspecified atom stereocenters. The largest absolute Gasteiger partial charge is 0.497 e. The van der Waals surface area contributed by atoms with E-state index in [0.29, 0.717) is 12.5 Å². The van der Waals surface area contributed by atoms with Gasteiger partial charge < -0.3 is 14.9 Å². The summed E-state index contributed by atoms with van der Waals surface area (Å²) >= 11 is 0. The first kappa shape index (κ1) is 18.2. The van der Waals surface area contributed by atoms with Crippen molar-refractivity contribution in [3.8, 4) is 5.75 Å². The lowest BCUT2D eigenvalue weighted by atomic mass is 9.96. The van der Waals surface area contributed by atoms with Crippen LogP contribution in [0.1, 0.15) is 38.7 Å². The van der Waals surface area contributed by atoms with Gasteiger partial charge in [0.15, 0.2) is 8.32 Å². The minimum Gasteiger partial charge on any atom is -0.497 e. The number of nitrogens with two attached hydrogens (primary N) is 1. The molecule has 2 N–H and O–H groups in total. The molecule has 1 atom stereocenters. The molecule has 0 aliphatic rings. The van der Waals surface area contributed by atoms with Crippen LogP contribution in [0.5, 0.6) is 5.75 Å². The lowest BCUT2D eigenvalue weighted by Crippen LogP contribution is -2.41. The molecule has 0 bridgehead atoms. The third-order valence-corrected chi connectivity index (χ3v) is 9.15. The molecule has 0 fully saturated rings. The van der Waals surface area contributed by atoms with Crippen LogP contribution in [0, 0.1) is 0 Å². The van der Waals surface area contributed by atoms with Gasteiger partial charge in [0.1, 0.15) is 5.75 Å². The molecule has 0 radical (unpaired) electrons. The Bertz CT molecular complexity index is 423. The van der Waals surface area contributed by atoms with Crippen LogP contribution in [0.4, 0.5) is 0 Å². The summed E-state index contributed by atoms with van der Waals surface area (Å²) in [5.41, 5.74) is 7.20. The van der Waals surface area contributed by atoms with Gasteiger partial charge in [0, 0.05) is 6.61 Å². The average molecular weight is 310 g/mol. The molecule has 0 spiro atoms. The molecule has 4 heteroatoms. The molecule has 21 heavy (non-hydrogen) atoms. The summed E-state index contributed by atoms with van der Waals surface area (Å²) in [4.78, 5) is 0. The van der Waals surface area contributed by atoms with E-state index in [4.69, 9.17) is 14.9 Å². The fourth-order valence-electron chi connectivity index (χ4n) is 1.97. The highest BCUT2D eigenvalue weighted by Crippen LogP contribution is 2.36. The topological polar surface area (TPSA) is 44.5 Å². The van der Waals surface area contributed by atoms with Gasteiger partial charge in [-0.25, -0.2) is 0 Å². The molecule has 0 aromatic heterocycles. The number of rotatable bonds is 7. The second-order valence-electron chi connectivity index (χ2n) is 7.10. The molecule has 3 nitrogen and oxygen atoms in total. The maximum Gasteiger partial charge on any atom is 0.191 e. The van der Waals surface area contributed by atoms with E-state index < -0.39 is 8.32 Å². The lowest BCUT2D eigenvalue weighted by Gasteiger charge is -2.36. The highest BCUT2D eigenvalue weighted by atomic mass is 28.4. The molecule has 1 aromatic carbocycles. The van der Waals surface area contributed by atoms with Crippen molar-refractivity contribution in [2.75, 3.05) is 20.3 Å². The van der Waals surface area contributed by atoms with Crippen molar-refractivity contribution in [3.63, 3.8) is 0 Å². The number of benzene rings is 1. The van der Waals surface area contributed by atoms with E-state index in [0.717, 1.165) is 18.8 Å². The molecule has 0 saturated heterocycles.